The Morgan fingerprint density at radius 1 is 1.42 bits per heavy atom. The van der Waals surface area contributed by atoms with Crippen LogP contribution < -0.4 is 15.4 Å². The van der Waals surface area contributed by atoms with E-state index in [1.54, 1.807) is 24.1 Å². The van der Waals surface area contributed by atoms with Crippen LogP contribution in [-0.4, -0.2) is 41.9 Å². The molecule has 6 nitrogen and oxygen atoms in total. The first-order valence-corrected chi connectivity index (χ1v) is 8.30. The van der Waals surface area contributed by atoms with Gasteiger partial charge in [0.25, 0.3) is 5.91 Å². The van der Waals surface area contributed by atoms with Crippen LogP contribution in [0.25, 0.3) is 5.69 Å². The van der Waals surface area contributed by atoms with Crippen molar-refractivity contribution in [2.45, 2.75) is 26.3 Å². The van der Waals surface area contributed by atoms with E-state index in [9.17, 15) is 4.79 Å². The molecule has 3 rings (SSSR count). The van der Waals surface area contributed by atoms with Crippen LogP contribution in [-0.2, 0) is 0 Å². The van der Waals surface area contributed by atoms with Crippen molar-refractivity contribution in [3.05, 3.63) is 41.7 Å². The highest BCUT2D eigenvalue weighted by Gasteiger charge is 2.24. The fraction of sp³-hybridized carbons (Fsp3) is 0.444. The maximum Gasteiger partial charge on any atom is 0.272 e. The lowest BCUT2D eigenvalue weighted by molar-refractivity contribution is 0.0909. The van der Waals surface area contributed by atoms with Crippen molar-refractivity contribution in [3.8, 4) is 11.4 Å². The predicted octanol–water partition coefficient (Wildman–Crippen LogP) is 1.92. The first kappa shape index (κ1) is 16.5. The number of carbonyl (C=O) groups is 1. The Bertz CT molecular complexity index is 726. The molecular formula is C18H24N4O2. The van der Waals surface area contributed by atoms with Crippen molar-refractivity contribution in [2.24, 2.45) is 5.92 Å². The second kappa shape index (κ2) is 7.05. The molecule has 0 bridgehead atoms. The van der Waals surface area contributed by atoms with Gasteiger partial charge in [0.2, 0.25) is 0 Å². The Morgan fingerprint density at radius 3 is 3.00 bits per heavy atom. The third-order valence-electron chi connectivity index (χ3n) is 4.55. The summed E-state index contributed by atoms with van der Waals surface area (Å²) >= 11 is 0. The SMILES string of the molecule is COc1ccc(C)cc1-n1ccc(C(=O)NC2CNCCC2C)n1. The molecule has 2 unspecified atom stereocenters. The molecule has 0 saturated carbocycles. The molecule has 1 aliphatic heterocycles. The lowest BCUT2D eigenvalue weighted by Gasteiger charge is -2.29. The van der Waals surface area contributed by atoms with E-state index in [1.165, 1.54) is 0 Å². The number of hydrogen-bond donors (Lipinski definition) is 2. The summed E-state index contributed by atoms with van der Waals surface area (Å²) in [5.74, 6) is 1.05. The fourth-order valence-corrected chi connectivity index (χ4v) is 2.98. The van der Waals surface area contributed by atoms with E-state index in [1.807, 2.05) is 25.1 Å². The number of ether oxygens (including phenoxy) is 1. The maximum absolute atomic E-state index is 12.5. The van der Waals surface area contributed by atoms with E-state index in [0.717, 1.165) is 36.5 Å². The van der Waals surface area contributed by atoms with Crippen LogP contribution in [0.15, 0.2) is 30.5 Å². The van der Waals surface area contributed by atoms with Crippen molar-refractivity contribution < 1.29 is 9.53 Å². The summed E-state index contributed by atoms with van der Waals surface area (Å²) in [4.78, 5) is 12.5. The quantitative estimate of drug-likeness (QED) is 0.900. The molecule has 1 aromatic carbocycles. The molecule has 2 aromatic rings. The number of rotatable bonds is 4. The van der Waals surface area contributed by atoms with E-state index in [2.05, 4.69) is 22.7 Å². The zero-order valence-electron chi connectivity index (χ0n) is 14.4. The van der Waals surface area contributed by atoms with E-state index in [-0.39, 0.29) is 11.9 Å². The van der Waals surface area contributed by atoms with Gasteiger partial charge in [0.05, 0.1) is 7.11 Å². The van der Waals surface area contributed by atoms with Crippen LogP contribution in [0.2, 0.25) is 0 Å². The monoisotopic (exact) mass is 328 g/mol. The molecule has 1 fully saturated rings. The van der Waals surface area contributed by atoms with Crippen molar-refractivity contribution in [1.82, 2.24) is 20.4 Å². The van der Waals surface area contributed by atoms with Gasteiger partial charge >= 0.3 is 0 Å². The van der Waals surface area contributed by atoms with Crippen LogP contribution in [0, 0.1) is 12.8 Å². The summed E-state index contributed by atoms with van der Waals surface area (Å²) in [5, 5.41) is 10.8. The standard InChI is InChI=1S/C18H24N4O2/c1-12-4-5-17(24-3)16(10-12)22-9-7-14(21-22)18(23)20-15-11-19-8-6-13(15)2/h4-5,7,9-10,13,15,19H,6,8,11H2,1-3H3,(H,20,23). The summed E-state index contributed by atoms with van der Waals surface area (Å²) in [7, 11) is 1.63. The number of amides is 1. The highest BCUT2D eigenvalue weighted by molar-refractivity contribution is 5.92. The molecule has 2 N–H and O–H groups in total. The van der Waals surface area contributed by atoms with Crippen molar-refractivity contribution in [3.63, 3.8) is 0 Å². The second-order valence-corrected chi connectivity index (χ2v) is 6.37. The molecule has 0 radical (unpaired) electrons. The van der Waals surface area contributed by atoms with Gasteiger partial charge in [-0.1, -0.05) is 13.0 Å². The molecule has 1 saturated heterocycles. The Labute approximate surface area is 142 Å². The molecule has 24 heavy (non-hydrogen) atoms. The Hall–Kier alpha value is -2.34. The Morgan fingerprint density at radius 2 is 2.25 bits per heavy atom. The summed E-state index contributed by atoms with van der Waals surface area (Å²) in [6.07, 6.45) is 2.86. The van der Waals surface area contributed by atoms with Crippen molar-refractivity contribution in [1.29, 1.82) is 0 Å². The number of aromatic nitrogens is 2. The molecule has 6 heteroatoms. The van der Waals surface area contributed by atoms with Crippen LogP contribution in [0.1, 0.15) is 29.4 Å². The first-order chi connectivity index (χ1) is 11.6. The highest BCUT2D eigenvalue weighted by Crippen LogP contribution is 2.23. The van der Waals surface area contributed by atoms with E-state index >= 15 is 0 Å². The van der Waals surface area contributed by atoms with Gasteiger partial charge in [0, 0.05) is 18.8 Å². The molecule has 128 valence electrons. The topological polar surface area (TPSA) is 68.2 Å². The first-order valence-electron chi connectivity index (χ1n) is 8.30. The predicted molar refractivity (Wildman–Crippen MR) is 92.8 cm³/mol. The van der Waals surface area contributed by atoms with E-state index in [0.29, 0.717) is 11.6 Å². The largest absolute Gasteiger partial charge is 0.494 e. The highest BCUT2D eigenvalue weighted by atomic mass is 16.5. The average molecular weight is 328 g/mol. The van der Waals surface area contributed by atoms with Crippen LogP contribution in [0.3, 0.4) is 0 Å². The minimum absolute atomic E-state index is 0.138. The van der Waals surface area contributed by atoms with Gasteiger partial charge in [0.15, 0.2) is 5.69 Å². The molecule has 2 heterocycles. The Balaban J connectivity index is 1.78. The normalized spacial score (nSPS) is 20.6. The van der Waals surface area contributed by atoms with Gasteiger partial charge in [-0.05, 0) is 49.6 Å². The number of benzene rings is 1. The van der Waals surface area contributed by atoms with Gasteiger partial charge in [-0.25, -0.2) is 4.68 Å². The lowest BCUT2D eigenvalue weighted by atomic mass is 9.95. The Kier molecular flexibility index (Phi) is 4.85. The summed E-state index contributed by atoms with van der Waals surface area (Å²) in [5.41, 5.74) is 2.34. The molecule has 1 aromatic heterocycles. The minimum Gasteiger partial charge on any atom is -0.494 e. The number of aryl methyl sites for hydroxylation is 1. The van der Waals surface area contributed by atoms with Gasteiger partial charge in [-0.2, -0.15) is 5.10 Å². The molecule has 1 aliphatic rings. The summed E-state index contributed by atoms with van der Waals surface area (Å²) < 4.78 is 7.07. The zero-order valence-corrected chi connectivity index (χ0v) is 14.4. The number of nitrogens with one attached hydrogen (secondary N) is 2. The van der Waals surface area contributed by atoms with Crippen LogP contribution in [0.4, 0.5) is 0 Å². The third-order valence-corrected chi connectivity index (χ3v) is 4.55. The number of nitrogens with zero attached hydrogens (tertiary/aromatic N) is 2. The van der Waals surface area contributed by atoms with E-state index < -0.39 is 0 Å². The molecule has 1 amide bonds. The molecule has 0 aliphatic carbocycles. The number of carbonyl (C=O) groups excluding carboxylic acids is 1. The third kappa shape index (κ3) is 3.43. The smallest absolute Gasteiger partial charge is 0.272 e. The van der Waals surface area contributed by atoms with Gasteiger partial charge in [0.1, 0.15) is 11.4 Å². The summed E-state index contributed by atoms with van der Waals surface area (Å²) in [6, 6.07) is 7.75. The average Bonchev–Trinajstić information content (AvgIpc) is 3.07. The van der Waals surface area contributed by atoms with Gasteiger partial charge < -0.3 is 15.4 Å². The lowest BCUT2D eigenvalue weighted by Crippen LogP contribution is -2.50. The van der Waals surface area contributed by atoms with E-state index in [4.69, 9.17) is 4.74 Å². The molecular weight excluding hydrogens is 304 g/mol. The summed E-state index contributed by atoms with van der Waals surface area (Å²) in [6.45, 7) is 5.99. The van der Waals surface area contributed by atoms with Crippen LogP contribution >= 0.6 is 0 Å². The number of methoxy groups -OCH3 is 1. The van der Waals surface area contributed by atoms with Gasteiger partial charge in [-0.15, -0.1) is 0 Å². The number of piperidine rings is 1. The van der Waals surface area contributed by atoms with Gasteiger partial charge in [-0.3, -0.25) is 4.79 Å². The fourth-order valence-electron chi connectivity index (χ4n) is 2.98. The minimum atomic E-state index is -0.138. The zero-order chi connectivity index (χ0) is 17.1. The second-order valence-electron chi connectivity index (χ2n) is 6.37. The van der Waals surface area contributed by atoms with Crippen LogP contribution in [0.5, 0.6) is 5.75 Å². The molecule has 0 spiro atoms. The number of hydrogen-bond acceptors (Lipinski definition) is 4. The maximum atomic E-state index is 12.5. The molecule has 2 atom stereocenters. The van der Waals surface area contributed by atoms with Crippen molar-refractivity contribution >= 4 is 5.91 Å². The van der Waals surface area contributed by atoms with Crippen molar-refractivity contribution in [2.75, 3.05) is 20.2 Å².